The maximum Gasteiger partial charge on any atom is 0.248 e. The molecule has 0 fully saturated rings. The Morgan fingerprint density at radius 2 is 2.13 bits per heavy atom. The zero-order valence-electron chi connectivity index (χ0n) is 9.07. The average Bonchev–Trinajstić information content (AvgIpc) is 2.46. The van der Waals surface area contributed by atoms with Crippen molar-refractivity contribution in [3.8, 4) is 5.75 Å². The van der Waals surface area contributed by atoms with Gasteiger partial charge in [0.2, 0.25) is 5.91 Å². The number of amides is 1. The zero-order chi connectivity index (χ0) is 11.2. The van der Waals surface area contributed by atoms with Crippen LogP contribution in [0.5, 0.6) is 5.75 Å². The van der Waals surface area contributed by atoms with Crippen LogP contribution in [-0.2, 0) is 4.79 Å². The Morgan fingerprint density at radius 3 is 2.73 bits per heavy atom. The van der Waals surface area contributed by atoms with Crippen LogP contribution in [0.15, 0.2) is 12.1 Å². The lowest BCUT2D eigenvalue weighted by atomic mass is 10.0. The van der Waals surface area contributed by atoms with E-state index < -0.39 is 6.04 Å². The third kappa shape index (κ3) is 1.22. The maximum atomic E-state index is 11.7. The summed E-state index contributed by atoms with van der Waals surface area (Å²) in [5, 5.41) is 0. The van der Waals surface area contributed by atoms with E-state index in [4.69, 9.17) is 10.5 Å². The van der Waals surface area contributed by atoms with E-state index in [9.17, 15) is 4.79 Å². The molecule has 15 heavy (non-hydrogen) atoms. The molecule has 4 nitrogen and oxygen atoms in total. The second kappa shape index (κ2) is 3.24. The van der Waals surface area contributed by atoms with E-state index in [-0.39, 0.29) is 5.91 Å². The van der Waals surface area contributed by atoms with Gasteiger partial charge in [-0.1, -0.05) is 6.07 Å². The number of anilines is 1. The lowest BCUT2D eigenvalue weighted by molar-refractivity contribution is -0.118. The summed E-state index contributed by atoms with van der Waals surface area (Å²) in [5.41, 5.74) is 8.56. The molecule has 80 valence electrons. The van der Waals surface area contributed by atoms with Gasteiger partial charge in [-0.15, -0.1) is 0 Å². The number of hydrogen-bond acceptors (Lipinski definition) is 3. The molecule has 0 spiro atoms. The quantitative estimate of drug-likeness (QED) is 0.745. The fourth-order valence-corrected chi connectivity index (χ4v) is 2.03. The molecule has 1 aromatic rings. The van der Waals surface area contributed by atoms with Crippen LogP contribution >= 0.6 is 0 Å². The molecule has 0 radical (unpaired) electrons. The van der Waals surface area contributed by atoms with Crippen LogP contribution in [0, 0.1) is 6.92 Å². The standard InChI is InChI=1S/C11H14N2O2/c1-6-4-5-7(15-3)10-8(6)9(12)11(14)13(10)2/h4-5,9H,12H2,1-3H3. The van der Waals surface area contributed by atoms with Crippen LogP contribution in [0.4, 0.5) is 5.69 Å². The van der Waals surface area contributed by atoms with Crippen molar-refractivity contribution in [3.63, 3.8) is 0 Å². The van der Waals surface area contributed by atoms with Gasteiger partial charge >= 0.3 is 0 Å². The number of carbonyl (C=O) groups is 1. The monoisotopic (exact) mass is 206 g/mol. The third-order valence-electron chi connectivity index (χ3n) is 2.86. The lowest BCUT2D eigenvalue weighted by Gasteiger charge is -2.14. The average molecular weight is 206 g/mol. The number of nitrogens with zero attached hydrogens (tertiary/aromatic N) is 1. The van der Waals surface area contributed by atoms with Crippen LogP contribution < -0.4 is 15.4 Å². The Kier molecular flexibility index (Phi) is 2.16. The number of likely N-dealkylation sites (N-methyl/N-ethyl adjacent to an activating group) is 1. The van der Waals surface area contributed by atoms with Crippen LogP contribution in [0.3, 0.4) is 0 Å². The van der Waals surface area contributed by atoms with Crippen LogP contribution in [0.1, 0.15) is 17.2 Å². The number of ether oxygens (including phenoxy) is 1. The van der Waals surface area contributed by atoms with Crippen LogP contribution in [-0.4, -0.2) is 20.1 Å². The predicted octanol–water partition coefficient (Wildman–Crippen LogP) is 0.980. The number of carbonyl (C=O) groups excluding carboxylic acids is 1. The summed E-state index contributed by atoms with van der Waals surface area (Å²) in [4.78, 5) is 13.3. The minimum absolute atomic E-state index is 0.0856. The number of methoxy groups -OCH3 is 1. The normalized spacial score (nSPS) is 19.3. The van der Waals surface area contributed by atoms with E-state index >= 15 is 0 Å². The summed E-state index contributed by atoms with van der Waals surface area (Å²) in [6.45, 7) is 1.95. The third-order valence-corrected chi connectivity index (χ3v) is 2.86. The highest BCUT2D eigenvalue weighted by Gasteiger charge is 2.36. The number of aryl methyl sites for hydroxylation is 1. The molecule has 2 N–H and O–H groups in total. The van der Waals surface area contributed by atoms with Crippen molar-refractivity contribution in [2.75, 3.05) is 19.1 Å². The fourth-order valence-electron chi connectivity index (χ4n) is 2.03. The number of benzene rings is 1. The highest BCUT2D eigenvalue weighted by Crippen LogP contribution is 2.42. The van der Waals surface area contributed by atoms with Gasteiger partial charge in [-0.05, 0) is 18.6 Å². The number of rotatable bonds is 1. The van der Waals surface area contributed by atoms with Crippen molar-refractivity contribution in [3.05, 3.63) is 23.3 Å². The van der Waals surface area contributed by atoms with Gasteiger partial charge in [0.25, 0.3) is 0 Å². The van der Waals surface area contributed by atoms with E-state index in [1.54, 1.807) is 19.1 Å². The summed E-state index contributed by atoms with van der Waals surface area (Å²) in [6, 6.07) is 3.22. The molecule has 0 aromatic heterocycles. The van der Waals surface area contributed by atoms with E-state index in [2.05, 4.69) is 0 Å². The number of nitrogens with two attached hydrogens (primary N) is 1. The molecule has 1 amide bonds. The van der Waals surface area contributed by atoms with Gasteiger partial charge in [0.05, 0.1) is 12.8 Å². The maximum absolute atomic E-state index is 11.7. The first-order valence-electron chi connectivity index (χ1n) is 4.78. The molecular weight excluding hydrogens is 192 g/mol. The van der Waals surface area contributed by atoms with Crippen molar-refractivity contribution in [1.29, 1.82) is 0 Å². The highest BCUT2D eigenvalue weighted by atomic mass is 16.5. The van der Waals surface area contributed by atoms with Crippen molar-refractivity contribution in [1.82, 2.24) is 0 Å². The Hall–Kier alpha value is -1.55. The Bertz CT molecular complexity index is 429. The summed E-state index contributed by atoms with van der Waals surface area (Å²) in [6.07, 6.45) is 0. The lowest BCUT2D eigenvalue weighted by Crippen LogP contribution is -2.28. The largest absolute Gasteiger partial charge is 0.495 e. The van der Waals surface area contributed by atoms with Crippen molar-refractivity contribution in [2.24, 2.45) is 5.73 Å². The molecule has 2 rings (SSSR count). The summed E-state index contributed by atoms with van der Waals surface area (Å²) in [7, 11) is 3.31. The summed E-state index contributed by atoms with van der Waals surface area (Å²) < 4.78 is 5.23. The van der Waals surface area contributed by atoms with Gasteiger partial charge < -0.3 is 15.4 Å². The smallest absolute Gasteiger partial charge is 0.248 e. The zero-order valence-corrected chi connectivity index (χ0v) is 9.07. The SMILES string of the molecule is COc1ccc(C)c2c1N(C)C(=O)C2N. The summed E-state index contributed by atoms with van der Waals surface area (Å²) in [5.74, 6) is 0.608. The van der Waals surface area contributed by atoms with Gasteiger partial charge in [-0.2, -0.15) is 0 Å². The minimum atomic E-state index is -0.555. The van der Waals surface area contributed by atoms with Crippen LogP contribution in [0.25, 0.3) is 0 Å². The molecule has 1 aliphatic heterocycles. The molecule has 1 heterocycles. The number of hydrogen-bond donors (Lipinski definition) is 1. The van der Waals surface area contributed by atoms with Crippen molar-refractivity contribution in [2.45, 2.75) is 13.0 Å². The fraction of sp³-hybridized carbons (Fsp3) is 0.364. The number of fused-ring (bicyclic) bond motifs is 1. The molecule has 0 bridgehead atoms. The topological polar surface area (TPSA) is 55.6 Å². The predicted molar refractivity (Wildman–Crippen MR) is 58.1 cm³/mol. The van der Waals surface area contributed by atoms with Crippen LogP contribution in [0.2, 0.25) is 0 Å². The molecule has 1 aliphatic rings. The first-order chi connectivity index (χ1) is 7.07. The second-order valence-electron chi connectivity index (χ2n) is 3.72. The first-order valence-corrected chi connectivity index (χ1v) is 4.78. The molecule has 0 saturated heterocycles. The molecule has 0 aliphatic carbocycles. The molecule has 1 unspecified atom stereocenters. The minimum Gasteiger partial charge on any atom is -0.495 e. The van der Waals surface area contributed by atoms with Gasteiger partial charge in [-0.25, -0.2) is 0 Å². The Morgan fingerprint density at radius 1 is 1.47 bits per heavy atom. The Balaban J connectivity index is 2.70. The van der Waals surface area contributed by atoms with Gasteiger partial charge in [-0.3, -0.25) is 4.79 Å². The van der Waals surface area contributed by atoms with Gasteiger partial charge in [0, 0.05) is 12.6 Å². The van der Waals surface area contributed by atoms with E-state index in [1.807, 2.05) is 19.1 Å². The molecular formula is C11H14N2O2. The second-order valence-corrected chi connectivity index (χ2v) is 3.72. The Labute approximate surface area is 88.6 Å². The van der Waals surface area contributed by atoms with E-state index in [0.29, 0.717) is 5.75 Å². The molecule has 0 saturated carbocycles. The summed E-state index contributed by atoms with van der Waals surface area (Å²) >= 11 is 0. The van der Waals surface area contributed by atoms with Crippen molar-refractivity contribution < 1.29 is 9.53 Å². The van der Waals surface area contributed by atoms with E-state index in [1.165, 1.54) is 0 Å². The molecule has 4 heteroatoms. The van der Waals surface area contributed by atoms with Gasteiger partial charge in [0.1, 0.15) is 11.8 Å². The highest BCUT2D eigenvalue weighted by molar-refractivity contribution is 6.06. The first kappa shape index (κ1) is 9.98. The molecule has 1 atom stereocenters. The molecule has 1 aromatic carbocycles. The van der Waals surface area contributed by atoms with E-state index in [0.717, 1.165) is 16.8 Å². The van der Waals surface area contributed by atoms with Gasteiger partial charge in [0.15, 0.2) is 0 Å². The van der Waals surface area contributed by atoms with Crippen molar-refractivity contribution >= 4 is 11.6 Å².